The number of carbonyl (C=O) groups excluding carboxylic acids is 2. The van der Waals surface area contributed by atoms with Crippen LogP contribution in [0.3, 0.4) is 0 Å². The number of rotatable bonds is 4. The number of amides is 2. The zero-order chi connectivity index (χ0) is 15.0. The molecule has 2 atom stereocenters. The Morgan fingerprint density at radius 1 is 1.14 bits per heavy atom. The van der Waals surface area contributed by atoms with E-state index in [1.165, 1.54) is 4.90 Å². The molecule has 1 aromatic rings. The summed E-state index contributed by atoms with van der Waals surface area (Å²) in [5.74, 6) is 0.0453. The highest BCUT2D eigenvalue weighted by atomic mass is 16.3. The molecule has 0 saturated carbocycles. The quantitative estimate of drug-likeness (QED) is 0.839. The van der Waals surface area contributed by atoms with Crippen LogP contribution in [0.25, 0.3) is 0 Å². The normalized spacial score (nSPS) is 25.7. The van der Waals surface area contributed by atoms with E-state index in [4.69, 9.17) is 0 Å². The fourth-order valence-corrected chi connectivity index (χ4v) is 3.33. The number of hydrogen-bond acceptors (Lipinski definition) is 4. The van der Waals surface area contributed by atoms with Crippen molar-refractivity contribution < 1.29 is 14.7 Å². The summed E-state index contributed by atoms with van der Waals surface area (Å²) in [4.78, 5) is 28.0. The van der Waals surface area contributed by atoms with Gasteiger partial charge in [0, 0.05) is 19.1 Å². The van der Waals surface area contributed by atoms with E-state index in [-0.39, 0.29) is 24.5 Å². The molecule has 1 N–H and O–H groups in total. The van der Waals surface area contributed by atoms with E-state index in [0.717, 1.165) is 13.0 Å². The van der Waals surface area contributed by atoms with Crippen LogP contribution in [0.15, 0.2) is 24.3 Å². The van der Waals surface area contributed by atoms with Gasteiger partial charge in [-0.3, -0.25) is 19.4 Å². The van der Waals surface area contributed by atoms with E-state index >= 15 is 0 Å². The molecule has 21 heavy (non-hydrogen) atoms. The Morgan fingerprint density at radius 2 is 1.76 bits per heavy atom. The van der Waals surface area contributed by atoms with Gasteiger partial charge in [-0.25, -0.2) is 0 Å². The van der Waals surface area contributed by atoms with Gasteiger partial charge in [0.05, 0.1) is 17.7 Å². The molecule has 0 aliphatic carbocycles. The summed E-state index contributed by atoms with van der Waals surface area (Å²) in [6.07, 6.45) is 1.05. The first kappa shape index (κ1) is 14.2. The largest absolute Gasteiger partial charge is 0.395 e. The van der Waals surface area contributed by atoms with E-state index in [9.17, 15) is 14.7 Å². The number of benzene rings is 1. The Morgan fingerprint density at radius 3 is 2.33 bits per heavy atom. The van der Waals surface area contributed by atoms with Crippen molar-refractivity contribution in [3.63, 3.8) is 0 Å². The predicted octanol–water partition coefficient (Wildman–Crippen LogP) is 0.985. The minimum Gasteiger partial charge on any atom is -0.395 e. The van der Waals surface area contributed by atoms with Crippen LogP contribution in [-0.2, 0) is 0 Å². The second-order valence-corrected chi connectivity index (χ2v) is 5.86. The third-order valence-electron chi connectivity index (χ3n) is 4.67. The first-order chi connectivity index (χ1) is 10.1. The van der Waals surface area contributed by atoms with Gasteiger partial charge in [-0.2, -0.15) is 0 Å². The number of likely N-dealkylation sites (tertiary alicyclic amines) is 1. The Balaban J connectivity index is 1.68. The number of fused-ring (bicyclic) bond motifs is 1. The van der Waals surface area contributed by atoms with E-state index in [1.54, 1.807) is 24.3 Å². The number of aliphatic hydroxyl groups excluding tert-OH is 1. The molecule has 2 aliphatic rings. The van der Waals surface area contributed by atoms with Gasteiger partial charge in [0.1, 0.15) is 0 Å². The molecule has 1 fully saturated rings. The molecule has 2 amide bonds. The van der Waals surface area contributed by atoms with Crippen molar-refractivity contribution >= 4 is 11.8 Å². The topological polar surface area (TPSA) is 60.9 Å². The molecular weight excluding hydrogens is 268 g/mol. The Labute approximate surface area is 124 Å². The monoisotopic (exact) mass is 288 g/mol. The average molecular weight is 288 g/mol. The van der Waals surface area contributed by atoms with Crippen LogP contribution in [0.5, 0.6) is 0 Å². The number of carbonyl (C=O) groups is 2. The van der Waals surface area contributed by atoms with Crippen LogP contribution in [0, 0.1) is 5.92 Å². The zero-order valence-electron chi connectivity index (χ0n) is 12.2. The van der Waals surface area contributed by atoms with Crippen molar-refractivity contribution in [3.8, 4) is 0 Å². The number of imide groups is 1. The molecule has 0 aromatic heterocycles. The molecule has 2 aliphatic heterocycles. The fourth-order valence-electron chi connectivity index (χ4n) is 3.33. The minimum absolute atomic E-state index is 0.128. The lowest BCUT2D eigenvalue weighted by Crippen LogP contribution is -2.42. The number of nitrogens with zero attached hydrogens (tertiary/aromatic N) is 2. The SMILES string of the molecule is CC1CCN(CCN2C(=O)c3ccccc3C2=O)C1CO. The van der Waals surface area contributed by atoms with E-state index in [1.807, 2.05) is 0 Å². The van der Waals surface area contributed by atoms with Crippen molar-refractivity contribution in [1.82, 2.24) is 9.80 Å². The van der Waals surface area contributed by atoms with Gasteiger partial charge in [-0.05, 0) is 31.0 Å². The van der Waals surface area contributed by atoms with Gasteiger partial charge in [0.15, 0.2) is 0 Å². The molecule has 0 spiro atoms. The lowest BCUT2D eigenvalue weighted by atomic mass is 10.0. The molecule has 1 saturated heterocycles. The van der Waals surface area contributed by atoms with Crippen LogP contribution in [0.1, 0.15) is 34.1 Å². The molecule has 1 aromatic carbocycles. The van der Waals surface area contributed by atoms with Gasteiger partial charge in [0.2, 0.25) is 0 Å². The maximum atomic E-state index is 12.3. The van der Waals surface area contributed by atoms with Gasteiger partial charge >= 0.3 is 0 Å². The van der Waals surface area contributed by atoms with Crippen LogP contribution < -0.4 is 0 Å². The van der Waals surface area contributed by atoms with Crippen LogP contribution in [0.4, 0.5) is 0 Å². The summed E-state index contributed by atoms with van der Waals surface area (Å²) in [7, 11) is 0. The molecule has 3 rings (SSSR count). The van der Waals surface area contributed by atoms with Crippen LogP contribution >= 0.6 is 0 Å². The highest BCUT2D eigenvalue weighted by Gasteiger charge is 2.36. The third-order valence-corrected chi connectivity index (χ3v) is 4.67. The zero-order valence-corrected chi connectivity index (χ0v) is 12.2. The highest BCUT2D eigenvalue weighted by molar-refractivity contribution is 6.21. The Hall–Kier alpha value is -1.72. The van der Waals surface area contributed by atoms with Crippen molar-refractivity contribution in [3.05, 3.63) is 35.4 Å². The lowest BCUT2D eigenvalue weighted by Gasteiger charge is -2.26. The smallest absolute Gasteiger partial charge is 0.261 e. The molecule has 112 valence electrons. The second-order valence-electron chi connectivity index (χ2n) is 5.86. The Kier molecular flexibility index (Phi) is 3.78. The molecule has 5 heteroatoms. The maximum absolute atomic E-state index is 12.3. The van der Waals surface area contributed by atoms with E-state index in [2.05, 4.69) is 11.8 Å². The maximum Gasteiger partial charge on any atom is 0.261 e. The van der Waals surface area contributed by atoms with E-state index < -0.39 is 0 Å². The van der Waals surface area contributed by atoms with Gasteiger partial charge in [0.25, 0.3) is 11.8 Å². The van der Waals surface area contributed by atoms with Gasteiger partial charge in [-0.15, -0.1) is 0 Å². The number of aliphatic hydroxyl groups is 1. The van der Waals surface area contributed by atoms with Gasteiger partial charge < -0.3 is 5.11 Å². The lowest BCUT2D eigenvalue weighted by molar-refractivity contribution is 0.0619. The van der Waals surface area contributed by atoms with Crippen molar-refractivity contribution in [2.75, 3.05) is 26.2 Å². The molecule has 0 bridgehead atoms. The van der Waals surface area contributed by atoms with E-state index in [0.29, 0.717) is 30.1 Å². The van der Waals surface area contributed by atoms with Crippen molar-refractivity contribution in [2.24, 2.45) is 5.92 Å². The number of hydrogen-bond donors (Lipinski definition) is 1. The summed E-state index contributed by atoms with van der Waals surface area (Å²) in [6.45, 7) is 4.18. The van der Waals surface area contributed by atoms with Gasteiger partial charge in [-0.1, -0.05) is 19.1 Å². The standard InChI is InChI=1S/C16H20N2O3/c1-11-6-7-17(14(11)10-19)8-9-18-15(20)12-4-2-3-5-13(12)16(18)21/h2-5,11,14,19H,6-10H2,1H3. The fraction of sp³-hybridized carbons (Fsp3) is 0.500. The summed E-state index contributed by atoms with van der Waals surface area (Å²) >= 11 is 0. The molecule has 0 radical (unpaired) electrons. The second kappa shape index (κ2) is 5.58. The Bertz CT molecular complexity index is 537. The summed E-state index contributed by atoms with van der Waals surface area (Å²) in [5, 5.41) is 9.46. The summed E-state index contributed by atoms with van der Waals surface area (Å²) < 4.78 is 0. The molecule has 2 heterocycles. The minimum atomic E-state index is -0.205. The molecule has 5 nitrogen and oxygen atoms in total. The van der Waals surface area contributed by atoms with Crippen molar-refractivity contribution in [1.29, 1.82) is 0 Å². The first-order valence-electron chi connectivity index (χ1n) is 7.43. The third kappa shape index (κ3) is 2.36. The molecular formula is C16H20N2O3. The summed E-state index contributed by atoms with van der Waals surface area (Å²) in [5.41, 5.74) is 0.993. The summed E-state index contributed by atoms with van der Waals surface area (Å²) in [6, 6.07) is 7.09. The first-order valence-corrected chi connectivity index (χ1v) is 7.43. The van der Waals surface area contributed by atoms with Crippen LogP contribution in [0.2, 0.25) is 0 Å². The molecule has 2 unspecified atom stereocenters. The van der Waals surface area contributed by atoms with Crippen molar-refractivity contribution in [2.45, 2.75) is 19.4 Å². The van der Waals surface area contributed by atoms with Crippen LogP contribution in [-0.4, -0.2) is 59.0 Å². The highest BCUT2D eigenvalue weighted by Crippen LogP contribution is 2.25. The average Bonchev–Trinajstić information content (AvgIpc) is 2.97. The predicted molar refractivity (Wildman–Crippen MR) is 78.0 cm³/mol.